The highest BCUT2D eigenvalue weighted by molar-refractivity contribution is 6.62. The number of nitrogens with zero attached hydrogens (tertiary/aromatic N) is 1. The Balaban J connectivity index is 2.38. The average molecular weight is 275 g/mol. The lowest BCUT2D eigenvalue weighted by Crippen LogP contribution is -2.48. The van der Waals surface area contributed by atoms with Gasteiger partial charge in [0.1, 0.15) is 0 Å². The maximum Gasteiger partial charge on any atom is 0.496 e. The number of hydrogen-bond donors (Lipinski definition) is 0. The van der Waals surface area contributed by atoms with Gasteiger partial charge in [0.15, 0.2) is 0 Å². The Labute approximate surface area is 123 Å². The van der Waals surface area contributed by atoms with Crippen LogP contribution in [0.2, 0.25) is 0 Å². The van der Waals surface area contributed by atoms with Gasteiger partial charge in [-0.25, -0.2) is 0 Å². The minimum absolute atomic E-state index is 0.304. The second-order valence-electron chi connectivity index (χ2n) is 6.97. The van der Waals surface area contributed by atoms with E-state index in [1.54, 1.807) is 0 Å². The second kappa shape index (κ2) is 5.16. The number of rotatable bonds is 3. The Morgan fingerprint density at radius 2 is 1.75 bits per heavy atom. The maximum atomic E-state index is 6.34. The van der Waals surface area contributed by atoms with Crippen LogP contribution in [0.5, 0.6) is 0 Å². The van der Waals surface area contributed by atoms with Gasteiger partial charge in [0.05, 0.1) is 11.2 Å². The predicted molar refractivity (Wildman–Crippen MR) is 83.2 cm³/mol. The lowest BCUT2D eigenvalue weighted by atomic mass is 9.75. The van der Waals surface area contributed by atoms with E-state index >= 15 is 0 Å². The molecule has 4 heteroatoms. The van der Waals surface area contributed by atoms with Gasteiger partial charge in [0.2, 0.25) is 0 Å². The van der Waals surface area contributed by atoms with Crippen LogP contribution in [0.3, 0.4) is 0 Å². The van der Waals surface area contributed by atoms with E-state index in [4.69, 9.17) is 9.31 Å². The predicted octanol–water partition coefficient (Wildman–Crippen LogP) is 3.14. The fourth-order valence-electron chi connectivity index (χ4n) is 2.84. The Morgan fingerprint density at radius 1 is 1.10 bits per heavy atom. The second-order valence-corrected chi connectivity index (χ2v) is 6.97. The van der Waals surface area contributed by atoms with Gasteiger partial charge in [-0.3, -0.25) is 4.98 Å². The van der Waals surface area contributed by atoms with Gasteiger partial charge in [-0.2, -0.15) is 0 Å². The van der Waals surface area contributed by atoms with E-state index in [9.17, 15) is 0 Å². The third kappa shape index (κ3) is 2.40. The van der Waals surface area contributed by atoms with E-state index in [1.165, 1.54) is 0 Å². The van der Waals surface area contributed by atoms with Crippen molar-refractivity contribution in [3.8, 4) is 0 Å². The monoisotopic (exact) mass is 275 g/mol. The lowest BCUT2D eigenvalue weighted by Gasteiger charge is -2.39. The molecule has 0 N–H and O–H groups in total. The summed E-state index contributed by atoms with van der Waals surface area (Å²) in [5.41, 5.74) is 1.48. The van der Waals surface area contributed by atoms with Gasteiger partial charge >= 0.3 is 7.12 Å². The van der Waals surface area contributed by atoms with Gasteiger partial charge < -0.3 is 9.31 Å². The molecule has 1 atom stereocenters. The van der Waals surface area contributed by atoms with Crippen LogP contribution >= 0.6 is 0 Å². The minimum Gasteiger partial charge on any atom is -0.399 e. The van der Waals surface area contributed by atoms with Crippen molar-refractivity contribution in [2.45, 2.75) is 65.6 Å². The van der Waals surface area contributed by atoms with E-state index in [1.807, 2.05) is 12.3 Å². The van der Waals surface area contributed by atoms with Crippen LogP contribution in [0.4, 0.5) is 0 Å². The summed E-state index contributed by atoms with van der Waals surface area (Å²) in [4.78, 5) is 4.50. The zero-order valence-electron chi connectivity index (χ0n) is 13.7. The molecule has 0 spiro atoms. The molecule has 1 aromatic rings. The van der Waals surface area contributed by atoms with Crippen molar-refractivity contribution in [2.75, 3.05) is 0 Å². The van der Waals surface area contributed by atoms with E-state index in [0.29, 0.717) is 11.8 Å². The molecule has 1 aliphatic rings. The fraction of sp³-hybridized carbons (Fsp3) is 0.688. The molecule has 2 heterocycles. The molecule has 1 fully saturated rings. The maximum absolute atomic E-state index is 6.34. The first kappa shape index (κ1) is 15.5. The van der Waals surface area contributed by atoms with Crippen molar-refractivity contribution in [2.24, 2.45) is 5.92 Å². The van der Waals surface area contributed by atoms with Gasteiger partial charge in [0, 0.05) is 17.4 Å². The summed E-state index contributed by atoms with van der Waals surface area (Å²) in [7, 11) is -0.330. The van der Waals surface area contributed by atoms with Gasteiger partial charge in [-0.1, -0.05) is 33.8 Å². The van der Waals surface area contributed by atoms with Crippen molar-refractivity contribution in [1.82, 2.24) is 4.98 Å². The van der Waals surface area contributed by atoms with Crippen LogP contribution in [0.1, 0.15) is 60.1 Å². The number of pyridine rings is 1. The minimum atomic E-state index is -0.330. The molecule has 0 aromatic carbocycles. The molecule has 0 bridgehead atoms. The summed E-state index contributed by atoms with van der Waals surface area (Å²) in [5.74, 6) is 0.731. The third-order valence-electron chi connectivity index (χ3n) is 4.72. The summed E-state index contributed by atoms with van der Waals surface area (Å²) < 4.78 is 12.6. The topological polar surface area (TPSA) is 31.4 Å². The third-order valence-corrected chi connectivity index (χ3v) is 4.72. The quantitative estimate of drug-likeness (QED) is 0.794. The summed E-state index contributed by atoms with van der Waals surface area (Å²) in [5, 5.41) is 0. The molecule has 1 aromatic heterocycles. The molecular formula is C16H26BNO2. The van der Waals surface area contributed by atoms with Gasteiger partial charge in [-0.05, 0) is 38.7 Å². The Morgan fingerprint density at radius 3 is 2.25 bits per heavy atom. The van der Waals surface area contributed by atoms with Crippen molar-refractivity contribution >= 4 is 12.6 Å². The molecular weight excluding hydrogens is 249 g/mol. The van der Waals surface area contributed by atoms with Crippen LogP contribution in [0, 0.1) is 5.92 Å². The summed E-state index contributed by atoms with van der Waals surface area (Å²) >= 11 is 0. The van der Waals surface area contributed by atoms with E-state index in [-0.39, 0.29) is 18.3 Å². The molecule has 1 unspecified atom stereocenters. The van der Waals surface area contributed by atoms with Crippen LogP contribution < -0.4 is 5.46 Å². The molecule has 2 rings (SSSR count). The summed E-state index contributed by atoms with van der Waals surface area (Å²) in [6, 6.07) is 4.01. The molecule has 0 saturated carbocycles. The van der Waals surface area contributed by atoms with Gasteiger partial charge in [0.25, 0.3) is 0 Å². The standard InChI is InChI=1S/C16H26BNO2/c1-11(2)14-13(9-8-10-18-14)17-19-15(5,6)16(7,20-17)12(3)4/h8-12H,1-7H3. The van der Waals surface area contributed by atoms with Crippen LogP contribution in [-0.4, -0.2) is 23.3 Å². The number of hydrogen-bond acceptors (Lipinski definition) is 3. The molecule has 1 saturated heterocycles. The first-order chi connectivity index (χ1) is 9.19. The normalized spacial score (nSPS) is 25.8. The van der Waals surface area contributed by atoms with Crippen LogP contribution in [-0.2, 0) is 9.31 Å². The van der Waals surface area contributed by atoms with Crippen LogP contribution in [0.15, 0.2) is 18.3 Å². The Bertz CT molecular complexity index is 487. The average Bonchev–Trinajstić information content (AvgIpc) is 2.61. The van der Waals surface area contributed by atoms with E-state index < -0.39 is 0 Å². The summed E-state index contributed by atoms with van der Waals surface area (Å²) in [6.07, 6.45) is 1.83. The highest BCUT2D eigenvalue weighted by Gasteiger charge is 2.56. The van der Waals surface area contributed by atoms with Crippen molar-refractivity contribution in [3.63, 3.8) is 0 Å². The largest absolute Gasteiger partial charge is 0.496 e. The SMILES string of the molecule is CC(C)c1ncccc1B1OC(C)(C)C(C)(C(C)C)O1. The molecule has 20 heavy (non-hydrogen) atoms. The molecule has 3 nitrogen and oxygen atoms in total. The highest BCUT2D eigenvalue weighted by atomic mass is 16.7. The molecule has 0 amide bonds. The molecule has 110 valence electrons. The van der Waals surface area contributed by atoms with Crippen molar-refractivity contribution in [3.05, 3.63) is 24.0 Å². The molecule has 0 radical (unpaired) electrons. The Hall–Kier alpha value is -0.865. The Kier molecular flexibility index (Phi) is 4.00. The van der Waals surface area contributed by atoms with E-state index in [2.05, 4.69) is 59.5 Å². The van der Waals surface area contributed by atoms with Crippen LogP contribution in [0.25, 0.3) is 0 Å². The zero-order valence-corrected chi connectivity index (χ0v) is 13.7. The first-order valence-corrected chi connectivity index (χ1v) is 7.49. The van der Waals surface area contributed by atoms with Gasteiger partial charge in [-0.15, -0.1) is 0 Å². The smallest absolute Gasteiger partial charge is 0.399 e. The van der Waals surface area contributed by atoms with Crippen molar-refractivity contribution in [1.29, 1.82) is 0 Å². The highest BCUT2D eigenvalue weighted by Crippen LogP contribution is 2.42. The molecule has 1 aliphatic heterocycles. The number of aromatic nitrogens is 1. The molecule has 0 aliphatic carbocycles. The zero-order chi connectivity index (χ0) is 15.1. The van der Waals surface area contributed by atoms with Crippen molar-refractivity contribution < 1.29 is 9.31 Å². The first-order valence-electron chi connectivity index (χ1n) is 7.49. The fourth-order valence-corrected chi connectivity index (χ4v) is 2.84. The summed E-state index contributed by atoms with van der Waals surface area (Å²) in [6.45, 7) is 15.0. The lowest BCUT2D eigenvalue weighted by molar-refractivity contribution is -0.0435. The van der Waals surface area contributed by atoms with E-state index in [0.717, 1.165) is 11.2 Å².